The molecule has 0 bridgehead atoms. The molecule has 4 rings (SSSR count). The van der Waals surface area contributed by atoms with Gasteiger partial charge in [0.25, 0.3) is 5.91 Å². The van der Waals surface area contributed by atoms with E-state index in [0.717, 1.165) is 49.1 Å². The number of halogens is 1. The van der Waals surface area contributed by atoms with Crippen molar-refractivity contribution < 1.29 is 13.9 Å². The van der Waals surface area contributed by atoms with E-state index in [0.29, 0.717) is 18.2 Å². The number of aromatic nitrogens is 2. The SMILES string of the molecule is CCCOc1ccc2cc(Nc3nc(NC4CCCC[C@@H]4N)c(F)cc3C(N)=O)ccc2n1. The predicted molar refractivity (Wildman–Crippen MR) is 127 cm³/mol. The van der Waals surface area contributed by atoms with Crippen molar-refractivity contribution in [1.82, 2.24) is 9.97 Å². The van der Waals surface area contributed by atoms with Gasteiger partial charge in [0.1, 0.15) is 5.82 Å². The van der Waals surface area contributed by atoms with Gasteiger partial charge in [-0.2, -0.15) is 0 Å². The van der Waals surface area contributed by atoms with Crippen LogP contribution in [-0.4, -0.2) is 34.6 Å². The molecule has 1 aliphatic carbocycles. The maximum atomic E-state index is 14.7. The first-order chi connectivity index (χ1) is 15.9. The smallest absolute Gasteiger partial charge is 0.252 e. The van der Waals surface area contributed by atoms with E-state index in [1.165, 1.54) is 0 Å². The Hall–Kier alpha value is -3.46. The fourth-order valence-electron chi connectivity index (χ4n) is 4.00. The van der Waals surface area contributed by atoms with Gasteiger partial charge in [0.15, 0.2) is 11.6 Å². The lowest BCUT2D eigenvalue weighted by atomic mass is 9.91. The van der Waals surface area contributed by atoms with Gasteiger partial charge in [0.05, 0.1) is 17.7 Å². The average molecular weight is 453 g/mol. The van der Waals surface area contributed by atoms with E-state index in [1.807, 2.05) is 31.2 Å². The molecule has 3 aromatic rings. The van der Waals surface area contributed by atoms with Crippen LogP contribution in [0.4, 0.5) is 21.7 Å². The van der Waals surface area contributed by atoms with E-state index < -0.39 is 11.7 Å². The number of benzene rings is 1. The van der Waals surface area contributed by atoms with E-state index in [-0.39, 0.29) is 29.3 Å². The number of hydrogen-bond acceptors (Lipinski definition) is 7. The van der Waals surface area contributed by atoms with Gasteiger partial charge in [0.2, 0.25) is 5.88 Å². The van der Waals surface area contributed by atoms with Gasteiger partial charge < -0.3 is 26.8 Å². The normalized spacial score (nSPS) is 18.2. The Morgan fingerprint density at radius 2 is 1.97 bits per heavy atom. The summed E-state index contributed by atoms with van der Waals surface area (Å²) >= 11 is 0. The highest BCUT2D eigenvalue weighted by Gasteiger charge is 2.24. The Balaban J connectivity index is 1.61. The summed E-state index contributed by atoms with van der Waals surface area (Å²) in [4.78, 5) is 20.8. The van der Waals surface area contributed by atoms with Crippen molar-refractivity contribution in [2.45, 2.75) is 51.1 Å². The van der Waals surface area contributed by atoms with Crippen molar-refractivity contribution in [3.05, 3.63) is 47.8 Å². The molecule has 1 unspecified atom stereocenters. The number of anilines is 3. The molecule has 0 saturated heterocycles. The highest BCUT2D eigenvalue weighted by Crippen LogP contribution is 2.28. The van der Waals surface area contributed by atoms with Crippen LogP contribution in [0.2, 0.25) is 0 Å². The summed E-state index contributed by atoms with van der Waals surface area (Å²) in [7, 11) is 0. The number of carbonyl (C=O) groups is 1. The molecular weight excluding hydrogens is 423 g/mol. The lowest BCUT2D eigenvalue weighted by molar-refractivity contribution is 0.100. The molecule has 2 aromatic heterocycles. The Morgan fingerprint density at radius 1 is 1.15 bits per heavy atom. The lowest BCUT2D eigenvalue weighted by Gasteiger charge is -2.30. The number of fused-ring (bicyclic) bond motifs is 1. The molecule has 2 heterocycles. The lowest BCUT2D eigenvalue weighted by Crippen LogP contribution is -2.43. The number of hydrogen-bond donors (Lipinski definition) is 4. The minimum Gasteiger partial charge on any atom is -0.478 e. The zero-order chi connectivity index (χ0) is 23.4. The van der Waals surface area contributed by atoms with Crippen LogP contribution in [0.15, 0.2) is 36.4 Å². The summed E-state index contributed by atoms with van der Waals surface area (Å²) in [6.07, 6.45) is 4.70. The van der Waals surface area contributed by atoms with E-state index >= 15 is 0 Å². The second-order valence-corrected chi connectivity index (χ2v) is 8.31. The van der Waals surface area contributed by atoms with Crippen molar-refractivity contribution in [2.75, 3.05) is 17.2 Å². The van der Waals surface area contributed by atoms with Crippen LogP contribution in [0.25, 0.3) is 10.9 Å². The van der Waals surface area contributed by atoms with Crippen LogP contribution in [0.3, 0.4) is 0 Å². The summed E-state index contributed by atoms with van der Waals surface area (Å²) in [5.41, 5.74) is 13.1. The number of nitrogens with two attached hydrogens (primary N) is 2. The number of rotatable bonds is 8. The third-order valence-electron chi connectivity index (χ3n) is 5.76. The Morgan fingerprint density at radius 3 is 2.73 bits per heavy atom. The molecule has 8 nitrogen and oxygen atoms in total. The molecule has 1 fully saturated rings. The fourth-order valence-corrected chi connectivity index (χ4v) is 4.00. The number of primary amides is 1. The summed E-state index contributed by atoms with van der Waals surface area (Å²) < 4.78 is 20.3. The van der Waals surface area contributed by atoms with Crippen molar-refractivity contribution in [3.8, 4) is 5.88 Å². The largest absolute Gasteiger partial charge is 0.478 e. The molecule has 2 atom stereocenters. The second kappa shape index (κ2) is 9.99. The van der Waals surface area contributed by atoms with Gasteiger partial charge in [-0.05, 0) is 49.6 Å². The zero-order valence-electron chi connectivity index (χ0n) is 18.6. The van der Waals surface area contributed by atoms with Gasteiger partial charge in [0, 0.05) is 29.2 Å². The number of nitrogens with zero attached hydrogens (tertiary/aromatic N) is 2. The van der Waals surface area contributed by atoms with Crippen LogP contribution in [0.5, 0.6) is 5.88 Å². The molecule has 9 heteroatoms. The monoisotopic (exact) mass is 452 g/mol. The first-order valence-electron chi connectivity index (χ1n) is 11.3. The molecule has 1 aliphatic rings. The van der Waals surface area contributed by atoms with Crippen molar-refractivity contribution in [2.24, 2.45) is 11.5 Å². The molecule has 0 spiro atoms. The summed E-state index contributed by atoms with van der Waals surface area (Å²) in [5.74, 6) is -0.631. The maximum Gasteiger partial charge on any atom is 0.252 e. The molecule has 1 saturated carbocycles. The molecule has 174 valence electrons. The van der Waals surface area contributed by atoms with Crippen LogP contribution >= 0.6 is 0 Å². The third kappa shape index (κ3) is 5.31. The topological polar surface area (TPSA) is 128 Å². The Kier molecular flexibility index (Phi) is 6.88. The van der Waals surface area contributed by atoms with Gasteiger partial charge in [-0.15, -0.1) is 0 Å². The van der Waals surface area contributed by atoms with Gasteiger partial charge in [-0.25, -0.2) is 14.4 Å². The summed E-state index contributed by atoms with van der Waals surface area (Å²) in [6.45, 7) is 2.64. The molecule has 0 aliphatic heterocycles. The fraction of sp³-hybridized carbons (Fsp3) is 0.375. The van der Waals surface area contributed by atoms with Gasteiger partial charge in [-0.1, -0.05) is 19.8 Å². The molecule has 33 heavy (non-hydrogen) atoms. The molecule has 1 amide bonds. The summed E-state index contributed by atoms with van der Waals surface area (Å²) in [5, 5.41) is 7.09. The van der Waals surface area contributed by atoms with E-state index in [9.17, 15) is 9.18 Å². The van der Waals surface area contributed by atoms with Gasteiger partial charge >= 0.3 is 0 Å². The van der Waals surface area contributed by atoms with E-state index in [1.54, 1.807) is 6.07 Å². The quantitative estimate of drug-likeness (QED) is 0.405. The Labute approximate surface area is 191 Å². The number of amides is 1. The highest BCUT2D eigenvalue weighted by molar-refractivity contribution is 5.99. The van der Waals surface area contributed by atoms with Crippen molar-refractivity contribution in [1.29, 1.82) is 0 Å². The number of pyridine rings is 2. The Bertz CT molecular complexity index is 1160. The van der Waals surface area contributed by atoms with Crippen LogP contribution in [-0.2, 0) is 0 Å². The second-order valence-electron chi connectivity index (χ2n) is 8.31. The van der Waals surface area contributed by atoms with E-state index in [4.69, 9.17) is 16.2 Å². The first-order valence-corrected chi connectivity index (χ1v) is 11.3. The minimum absolute atomic E-state index is 0.0347. The number of carbonyl (C=O) groups excluding carboxylic acids is 1. The standard InChI is InChI=1S/C24H29FN6O2/c1-2-11-33-21-10-7-14-12-15(8-9-19(14)29-21)28-23-16(22(27)32)13-17(25)24(31-23)30-20-6-4-3-5-18(20)26/h7-10,12-13,18,20H,2-6,11,26H2,1H3,(H2,27,32)(H2,28,30,31)/t18-,20?/m0/s1. The molecule has 1 aromatic carbocycles. The molecular formula is C24H29FN6O2. The predicted octanol–water partition coefficient (Wildman–Crippen LogP) is 4.08. The molecule has 0 radical (unpaired) electrons. The van der Waals surface area contributed by atoms with Crippen molar-refractivity contribution >= 4 is 34.1 Å². The zero-order valence-corrected chi connectivity index (χ0v) is 18.6. The highest BCUT2D eigenvalue weighted by atomic mass is 19.1. The number of ether oxygens (including phenoxy) is 1. The van der Waals surface area contributed by atoms with Crippen LogP contribution < -0.4 is 26.8 Å². The van der Waals surface area contributed by atoms with Crippen LogP contribution in [0.1, 0.15) is 49.4 Å². The van der Waals surface area contributed by atoms with Crippen molar-refractivity contribution in [3.63, 3.8) is 0 Å². The van der Waals surface area contributed by atoms with Crippen LogP contribution in [0, 0.1) is 5.82 Å². The first kappa shape index (κ1) is 22.7. The minimum atomic E-state index is -0.773. The van der Waals surface area contributed by atoms with Gasteiger partial charge in [-0.3, -0.25) is 4.79 Å². The molecule has 6 N–H and O–H groups in total. The number of nitrogens with one attached hydrogen (secondary N) is 2. The van der Waals surface area contributed by atoms with E-state index in [2.05, 4.69) is 20.6 Å². The average Bonchev–Trinajstić information content (AvgIpc) is 2.80. The summed E-state index contributed by atoms with van der Waals surface area (Å²) in [6, 6.07) is 10.2. The third-order valence-corrected chi connectivity index (χ3v) is 5.76. The maximum absolute atomic E-state index is 14.7.